The summed E-state index contributed by atoms with van der Waals surface area (Å²) in [6.07, 6.45) is 8.53. The van der Waals surface area contributed by atoms with E-state index in [9.17, 15) is 9.59 Å². The zero-order valence-electron chi connectivity index (χ0n) is 19.7. The van der Waals surface area contributed by atoms with Gasteiger partial charge in [-0.2, -0.15) is 5.10 Å². The molecule has 0 bridgehead atoms. The Bertz CT molecular complexity index is 1450. The molecule has 1 aliphatic rings. The van der Waals surface area contributed by atoms with Crippen molar-refractivity contribution in [1.82, 2.24) is 19.5 Å². The van der Waals surface area contributed by atoms with Crippen LogP contribution in [0.2, 0.25) is 0 Å². The first-order valence-corrected chi connectivity index (χ1v) is 11.6. The lowest BCUT2D eigenvalue weighted by Gasteiger charge is -2.30. The van der Waals surface area contributed by atoms with Gasteiger partial charge in [0.2, 0.25) is 0 Å². The van der Waals surface area contributed by atoms with E-state index in [4.69, 9.17) is 21.6 Å². The molecule has 3 N–H and O–H groups in total. The Kier molecular flexibility index (Phi) is 6.09. The smallest absolute Gasteiger partial charge is 0.298 e. The summed E-state index contributed by atoms with van der Waals surface area (Å²) in [5.74, 6) is 3.56. The highest BCUT2D eigenvalue weighted by Crippen LogP contribution is 2.34. The van der Waals surface area contributed by atoms with E-state index in [1.165, 1.54) is 0 Å². The van der Waals surface area contributed by atoms with Crippen LogP contribution in [-0.2, 0) is 4.79 Å². The molecule has 5 rings (SSSR count). The second-order valence-corrected chi connectivity index (χ2v) is 8.59. The number of carbonyl (C=O) groups excluding carboxylic acids is 2. The second-order valence-electron chi connectivity index (χ2n) is 8.59. The molecule has 1 aliphatic heterocycles. The number of fused-ring (bicyclic) bond motifs is 1. The number of imidazole rings is 1. The topological polar surface area (TPSA) is 115 Å². The Morgan fingerprint density at radius 3 is 2.25 bits per heavy atom. The Labute approximate surface area is 207 Å². The Hall–Kier alpha value is -4.71. The van der Waals surface area contributed by atoms with E-state index in [0.717, 1.165) is 35.4 Å². The lowest BCUT2D eigenvalue weighted by molar-refractivity contribution is -0.126. The zero-order valence-corrected chi connectivity index (χ0v) is 19.7. The molecule has 9 nitrogen and oxygen atoms in total. The summed E-state index contributed by atoms with van der Waals surface area (Å²) in [4.78, 5) is 29.3. The maximum Gasteiger partial charge on any atom is 0.298 e. The molecular formula is C27H25N5O4. The average molecular weight is 484 g/mol. The van der Waals surface area contributed by atoms with E-state index in [1.807, 2.05) is 48.5 Å². The molecule has 1 fully saturated rings. The first kappa shape index (κ1) is 23.1. The van der Waals surface area contributed by atoms with Crippen molar-refractivity contribution < 1.29 is 19.1 Å². The lowest BCUT2D eigenvalue weighted by Crippen LogP contribution is -2.37. The fourth-order valence-corrected chi connectivity index (χ4v) is 4.63. The number of amides is 2. The molecule has 2 aromatic heterocycles. The molecule has 36 heavy (non-hydrogen) atoms. The number of H-pyrrole nitrogens is 1. The number of benzene rings is 2. The van der Waals surface area contributed by atoms with E-state index < -0.39 is 5.91 Å². The van der Waals surface area contributed by atoms with Crippen LogP contribution in [0.1, 0.15) is 34.8 Å². The van der Waals surface area contributed by atoms with Crippen LogP contribution in [0.15, 0.2) is 54.7 Å². The molecule has 0 unspecified atom stereocenters. The van der Waals surface area contributed by atoms with Gasteiger partial charge in [-0.25, -0.2) is 4.52 Å². The number of aromatic nitrogens is 3. The molecule has 0 aliphatic carbocycles. The van der Waals surface area contributed by atoms with Gasteiger partial charge in [-0.05, 0) is 73.2 Å². The molecule has 4 aromatic rings. The number of hydrogen-bond acceptors (Lipinski definition) is 5. The number of hydrogen-bond donors (Lipinski definition) is 2. The van der Waals surface area contributed by atoms with Gasteiger partial charge in [0.25, 0.3) is 11.8 Å². The van der Waals surface area contributed by atoms with Crippen LogP contribution in [-0.4, -0.2) is 51.5 Å². The first-order chi connectivity index (χ1) is 17.5. The van der Waals surface area contributed by atoms with Gasteiger partial charge in [0.15, 0.2) is 5.69 Å². The van der Waals surface area contributed by atoms with Gasteiger partial charge in [0, 0.05) is 24.2 Å². The number of likely N-dealkylation sites (tertiary alicyclic amines) is 1. The summed E-state index contributed by atoms with van der Waals surface area (Å²) < 4.78 is 12.6. The summed E-state index contributed by atoms with van der Waals surface area (Å²) in [7, 11) is 1.61. The van der Waals surface area contributed by atoms with E-state index >= 15 is 0 Å². The van der Waals surface area contributed by atoms with Crippen molar-refractivity contribution in [2.24, 2.45) is 5.73 Å². The van der Waals surface area contributed by atoms with Crippen molar-refractivity contribution in [3.05, 3.63) is 66.0 Å². The van der Waals surface area contributed by atoms with E-state index in [0.29, 0.717) is 30.3 Å². The largest absolute Gasteiger partial charge is 0.497 e. The molecule has 2 amide bonds. The summed E-state index contributed by atoms with van der Waals surface area (Å²) in [6, 6.07) is 14.7. The number of aromatic amines is 1. The maximum absolute atomic E-state index is 12.4. The molecule has 0 radical (unpaired) electrons. The summed E-state index contributed by atoms with van der Waals surface area (Å²) >= 11 is 0. The van der Waals surface area contributed by atoms with Crippen LogP contribution in [0, 0.1) is 12.3 Å². The van der Waals surface area contributed by atoms with Crippen molar-refractivity contribution >= 4 is 17.5 Å². The zero-order chi connectivity index (χ0) is 25.2. The van der Waals surface area contributed by atoms with Gasteiger partial charge in [0.1, 0.15) is 22.9 Å². The number of carbonyl (C=O) groups is 2. The third-order valence-electron chi connectivity index (χ3n) is 6.51. The number of nitrogens with zero attached hydrogens (tertiary/aromatic N) is 3. The normalized spacial score (nSPS) is 13.9. The van der Waals surface area contributed by atoms with Gasteiger partial charge >= 0.3 is 0 Å². The molecule has 0 atom stereocenters. The van der Waals surface area contributed by atoms with Crippen LogP contribution in [0.5, 0.6) is 17.2 Å². The van der Waals surface area contributed by atoms with E-state index in [2.05, 4.69) is 16.0 Å². The minimum atomic E-state index is -0.584. The van der Waals surface area contributed by atoms with Gasteiger partial charge in [-0.1, -0.05) is 0 Å². The maximum atomic E-state index is 12.4. The molecular weight excluding hydrogens is 458 g/mol. The molecule has 0 saturated carbocycles. The molecule has 1 saturated heterocycles. The van der Waals surface area contributed by atoms with Crippen molar-refractivity contribution in [2.45, 2.75) is 18.8 Å². The number of piperidine rings is 1. The molecule has 2 aromatic carbocycles. The van der Waals surface area contributed by atoms with Crippen molar-refractivity contribution in [3.63, 3.8) is 0 Å². The van der Waals surface area contributed by atoms with Crippen molar-refractivity contribution in [2.75, 3.05) is 20.2 Å². The fourth-order valence-electron chi connectivity index (χ4n) is 4.63. The number of rotatable bonds is 6. The van der Waals surface area contributed by atoms with Gasteiger partial charge in [0.05, 0.1) is 19.0 Å². The Morgan fingerprint density at radius 1 is 1.06 bits per heavy atom. The highest BCUT2D eigenvalue weighted by atomic mass is 16.5. The van der Waals surface area contributed by atoms with Crippen LogP contribution in [0.3, 0.4) is 0 Å². The molecule has 9 heteroatoms. The van der Waals surface area contributed by atoms with E-state index in [-0.39, 0.29) is 17.5 Å². The van der Waals surface area contributed by atoms with Crippen LogP contribution < -0.4 is 15.2 Å². The minimum Gasteiger partial charge on any atom is -0.497 e. The highest BCUT2D eigenvalue weighted by Gasteiger charge is 2.28. The predicted molar refractivity (Wildman–Crippen MR) is 134 cm³/mol. The number of terminal acetylenes is 1. The monoisotopic (exact) mass is 483 g/mol. The Morgan fingerprint density at radius 2 is 1.67 bits per heavy atom. The number of nitrogens with one attached hydrogen (secondary N) is 1. The quantitative estimate of drug-likeness (QED) is 0.407. The Balaban J connectivity index is 1.41. The fraction of sp³-hybridized carbons (Fsp3) is 0.222. The average Bonchev–Trinajstić information content (AvgIpc) is 3.49. The van der Waals surface area contributed by atoms with Crippen molar-refractivity contribution in [3.8, 4) is 40.8 Å². The minimum absolute atomic E-state index is 0.178. The number of nitrogens with two attached hydrogens (primary N) is 1. The standard InChI is InChI=1S/C27H25N5O4/c1-3-23(33)31-14-12-17(13-15-31)22-16-29-32-25(26(28)34)24(30-27(22)32)18-4-6-20(7-5-18)36-21-10-8-19(35-2)9-11-21/h1,4-11,16-17,30H,12-15H2,2H3,(H2,28,34). The van der Waals surface area contributed by atoms with Gasteiger partial charge < -0.3 is 25.1 Å². The SMILES string of the molecule is C#CC(=O)N1CCC(c2cnn3c(C(N)=O)c(-c4ccc(Oc5ccc(OC)cc5)cc4)[nH]c23)CC1. The van der Waals surface area contributed by atoms with Crippen LogP contribution in [0.25, 0.3) is 16.9 Å². The molecule has 182 valence electrons. The van der Waals surface area contributed by atoms with Gasteiger partial charge in [-0.15, -0.1) is 6.42 Å². The number of methoxy groups -OCH3 is 1. The second kappa shape index (κ2) is 9.50. The van der Waals surface area contributed by atoms with E-state index in [1.54, 1.807) is 22.7 Å². The van der Waals surface area contributed by atoms with Gasteiger partial charge in [-0.3, -0.25) is 9.59 Å². The number of primary amides is 1. The lowest BCUT2D eigenvalue weighted by atomic mass is 9.91. The predicted octanol–water partition coefficient (Wildman–Crippen LogP) is 3.57. The third-order valence-corrected chi connectivity index (χ3v) is 6.51. The molecule has 0 spiro atoms. The number of ether oxygens (including phenoxy) is 2. The van der Waals surface area contributed by atoms with Crippen LogP contribution in [0.4, 0.5) is 0 Å². The summed E-state index contributed by atoms with van der Waals surface area (Å²) in [5, 5.41) is 4.46. The molecule has 3 heterocycles. The highest BCUT2D eigenvalue weighted by molar-refractivity contribution is 5.98. The summed E-state index contributed by atoms with van der Waals surface area (Å²) in [5.41, 5.74) is 9.10. The first-order valence-electron chi connectivity index (χ1n) is 11.6. The van der Waals surface area contributed by atoms with Crippen molar-refractivity contribution in [1.29, 1.82) is 0 Å². The summed E-state index contributed by atoms with van der Waals surface area (Å²) in [6.45, 7) is 1.16. The van der Waals surface area contributed by atoms with Crippen LogP contribution >= 0.6 is 0 Å². The third kappa shape index (κ3) is 4.25.